The summed E-state index contributed by atoms with van der Waals surface area (Å²) < 4.78 is 17.9. The van der Waals surface area contributed by atoms with Gasteiger partial charge in [0.05, 0.1) is 67.6 Å². The number of nitrogens with one attached hydrogen (secondary N) is 2. The van der Waals surface area contributed by atoms with Gasteiger partial charge in [0, 0.05) is 120 Å². The van der Waals surface area contributed by atoms with Crippen LogP contribution in [0.15, 0.2) is 48.0 Å². The van der Waals surface area contributed by atoms with Gasteiger partial charge in [-0.2, -0.15) is 0 Å². The number of hydrogen-bond acceptors (Lipinski definition) is 16. The normalized spacial score (nSPS) is 21.4. The van der Waals surface area contributed by atoms with E-state index in [1.165, 1.54) is 23.5 Å². The molecule has 13 atom stereocenters. The molecule has 4 aliphatic rings. The first kappa shape index (κ1) is 72.0. The summed E-state index contributed by atoms with van der Waals surface area (Å²) in [7, 11) is 6.98. The summed E-state index contributed by atoms with van der Waals surface area (Å²) in [5.41, 5.74) is 6.86. The summed E-state index contributed by atoms with van der Waals surface area (Å²) in [5.74, 6) is -4.26. The number of benzene rings is 1. The van der Waals surface area contributed by atoms with Gasteiger partial charge in [0.25, 0.3) is 11.8 Å². The number of fused-ring (bicyclic) bond motifs is 2. The number of piperidine rings is 1. The van der Waals surface area contributed by atoms with Crippen molar-refractivity contribution in [1.29, 1.82) is 0 Å². The van der Waals surface area contributed by atoms with Crippen LogP contribution >= 0.6 is 11.3 Å². The van der Waals surface area contributed by atoms with E-state index in [-0.39, 0.29) is 136 Å². The van der Waals surface area contributed by atoms with Crippen molar-refractivity contribution in [2.45, 2.75) is 193 Å². The zero-order chi connectivity index (χ0) is 65.2. The lowest BCUT2D eigenvalue weighted by Crippen LogP contribution is -2.54. The molecule has 3 aliphatic heterocycles. The van der Waals surface area contributed by atoms with Crippen LogP contribution in [0.5, 0.6) is 0 Å². The number of rotatable bonds is 39. The lowest BCUT2D eigenvalue weighted by Gasteiger charge is -2.41. The van der Waals surface area contributed by atoms with Crippen LogP contribution in [0.2, 0.25) is 0 Å². The Hall–Kier alpha value is -6.07. The highest BCUT2D eigenvalue weighted by atomic mass is 32.1. The third kappa shape index (κ3) is 19.5. The number of Topliss-reactive ketones (excluding diaryl/α,β-unsaturated/α-hetero) is 4. The SMILES string of the molecule is CC[C@H](C)[C@@H]([C@@H](CC(=O)N1CCC[C@H]1[C@H](OC)[C@@H](C)C(=O)C[C@@H](Cc1cccc(CC(=O)[C@H](CCCNC(N)=O)NC(=O)[C@@H](CC(=O)CCOCCN2C(=O)C=CC2=O)C(C)C)c1)c1nccs1)OC)N(C)C(=O)[C@@H](CC(=O)[C@@H]1[C@H]2CC[C@@H](C2)N1C)C(C)C. The molecule has 22 heteroatoms. The Balaban J connectivity index is 1.08. The maximum absolute atomic E-state index is 14.7. The van der Waals surface area contributed by atoms with Gasteiger partial charge >= 0.3 is 6.03 Å². The van der Waals surface area contributed by atoms with Gasteiger partial charge in [-0.3, -0.25) is 53.0 Å². The van der Waals surface area contributed by atoms with E-state index >= 15 is 0 Å². The Morgan fingerprint density at radius 3 is 2.19 bits per heavy atom. The second-order valence-corrected chi connectivity index (χ2v) is 26.9. The number of thiazole rings is 1. The summed E-state index contributed by atoms with van der Waals surface area (Å²) in [6.07, 6.45) is 9.20. The molecule has 1 aromatic heterocycles. The molecule has 89 heavy (non-hydrogen) atoms. The molecule has 1 aromatic carbocycles. The number of ketones is 4. The van der Waals surface area contributed by atoms with Crippen molar-refractivity contribution < 1.29 is 62.2 Å². The first-order valence-electron chi connectivity index (χ1n) is 32.2. The number of nitrogens with zero attached hydrogens (tertiary/aromatic N) is 5. The first-order chi connectivity index (χ1) is 42.4. The molecule has 0 radical (unpaired) electrons. The number of ether oxygens (including phenoxy) is 3. The van der Waals surface area contributed by atoms with Gasteiger partial charge in [-0.1, -0.05) is 79.2 Å². The Morgan fingerprint density at radius 2 is 1.57 bits per heavy atom. The molecular weight excluding hydrogens is 1160 g/mol. The highest BCUT2D eigenvalue weighted by Gasteiger charge is 2.49. The zero-order valence-corrected chi connectivity index (χ0v) is 55.3. The zero-order valence-electron chi connectivity index (χ0n) is 54.5. The summed E-state index contributed by atoms with van der Waals surface area (Å²) in [4.78, 5) is 146. The van der Waals surface area contributed by atoms with Gasteiger partial charge in [-0.25, -0.2) is 9.78 Å². The van der Waals surface area contributed by atoms with E-state index in [2.05, 4.69) is 34.4 Å². The molecule has 492 valence electrons. The third-order valence-electron chi connectivity index (χ3n) is 19.4. The van der Waals surface area contributed by atoms with Gasteiger partial charge < -0.3 is 40.4 Å². The molecule has 4 heterocycles. The molecule has 0 spiro atoms. The van der Waals surface area contributed by atoms with Crippen molar-refractivity contribution in [3.8, 4) is 0 Å². The van der Waals surface area contributed by atoms with Crippen LogP contribution in [0.3, 0.4) is 0 Å². The number of hydrogen-bond donors (Lipinski definition) is 3. The number of likely N-dealkylation sites (tertiary alicyclic amines) is 2. The van der Waals surface area contributed by atoms with Gasteiger partial charge in [-0.15, -0.1) is 11.3 Å². The van der Waals surface area contributed by atoms with Crippen LogP contribution in [0.4, 0.5) is 4.79 Å². The Kier molecular flexibility index (Phi) is 27.8. The maximum Gasteiger partial charge on any atom is 0.312 e. The topological polar surface area (TPSA) is 274 Å². The lowest BCUT2D eigenvalue weighted by atomic mass is 9.83. The second-order valence-electron chi connectivity index (χ2n) is 26.0. The molecule has 21 nitrogen and oxygen atoms in total. The largest absolute Gasteiger partial charge is 0.379 e. The van der Waals surface area contributed by atoms with Crippen LogP contribution in [-0.2, 0) is 70.2 Å². The van der Waals surface area contributed by atoms with Crippen molar-refractivity contribution in [2.24, 2.45) is 47.2 Å². The monoisotopic (exact) mass is 1260 g/mol. The van der Waals surface area contributed by atoms with Crippen LogP contribution in [0, 0.1) is 41.4 Å². The van der Waals surface area contributed by atoms with E-state index in [0.717, 1.165) is 47.6 Å². The van der Waals surface area contributed by atoms with Crippen molar-refractivity contribution >= 4 is 70.0 Å². The number of methoxy groups -OCH3 is 2. The Labute approximate surface area is 530 Å². The highest BCUT2D eigenvalue weighted by Crippen LogP contribution is 2.43. The van der Waals surface area contributed by atoms with Crippen molar-refractivity contribution in [2.75, 3.05) is 61.2 Å². The standard InChI is InChI=1S/C67H100N8O13S/c1-12-42(6)61(73(9)66(84)51(41(4)5)38-56(79)62-46-20-21-48(35-46)72(62)8)57(86-10)39-60(82)74-27-15-19-53(74)63(87-11)43(7)54(77)36-47(65-69-26-31-89-65)33-44-16-13-17-45(32-44)34-55(78)52(18-14-25-70-67(68)85)71-64(83)50(40(2)3)37-49(76)24-29-88-30-28-75-58(80)22-23-59(75)81/h13,16-17,22-23,26,31-32,40-43,46-48,50-53,57,61-63H,12,14-15,18-21,24-25,27-30,33-39H2,1-11H3,(H,71,83)(H3,68,70,85)/t42-,43-,46-,47+,48-,50-,51-,52-,53-,57+,61-,62-,63+/m0/s1. The predicted molar refractivity (Wildman–Crippen MR) is 338 cm³/mol. The van der Waals surface area contributed by atoms with E-state index in [9.17, 15) is 47.9 Å². The van der Waals surface area contributed by atoms with Gasteiger partial charge in [0.15, 0.2) is 11.6 Å². The molecule has 0 unspecified atom stereocenters. The van der Waals surface area contributed by atoms with Crippen molar-refractivity contribution in [3.63, 3.8) is 0 Å². The molecule has 7 amide bonds. The fourth-order valence-corrected chi connectivity index (χ4v) is 14.8. The number of urea groups is 1. The van der Waals surface area contributed by atoms with Crippen LogP contribution in [0.25, 0.3) is 0 Å². The highest BCUT2D eigenvalue weighted by molar-refractivity contribution is 7.09. The van der Waals surface area contributed by atoms with Gasteiger partial charge in [0.2, 0.25) is 17.7 Å². The molecule has 2 bridgehead atoms. The molecule has 1 saturated carbocycles. The number of amides is 7. The molecule has 3 fully saturated rings. The second kappa shape index (κ2) is 34.4. The van der Waals surface area contributed by atoms with E-state index in [1.807, 2.05) is 76.2 Å². The van der Waals surface area contributed by atoms with Crippen LogP contribution < -0.4 is 16.4 Å². The quantitative estimate of drug-likeness (QED) is 0.0466. The van der Waals surface area contributed by atoms with E-state index in [4.69, 9.17) is 19.9 Å². The number of aromatic nitrogens is 1. The lowest BCUT2D eigenvalue weighted by molar-refractivity contribution is -0.149. The van der Waals surface area contributed by atoms with Crippen molar-refractivity contribution in [3.05, 3.63) is 64.1 Å². The van der Waals surface area contributed by atoms with Gasteiger partial charge in [-0.05, 0) is 93.2 Å². The molecule has 6 rings (SSSR count). The number of primary amides is 1. The number of carbonyl (C=O) groups excluding carboxylic acids is 10. The first-order valence-corrected chi connectivity index (χ1v) is 33.1. The minimum Gasteiger partial charge on any atom is -0.379 e. The minimum absolute atomic E-state index is 0.00584. The number of likely N-dealkylation sites (N-methyl/N-ethyl adjacent to an activating group) is 2. The third-order valence-corrected chi connectivity index (χ3v) is 20.3. The summed E-state index contributed by atoms with van der Waals surface area (Å²) in [5, 5.41) is 8.09. The molecule has 1 aliphatic carbocycles. The smallest absolute Gasteiger partial charge is 0.312 e. The van der Waals surface area contributed by atoms with E-state index in [1.54, 1.807) is 32.4 Å². The molecule has 4 N–H and O–H groups in total. The average Bonchev–Trinajstić information content (AvgIpc) is 2.82. The minimum atomic E-state index is -0.959. The summed E-state index contributed by atoms with van der Waals surface area (Å²) >= 11 is 1.45. The Bertz CT molecular complexity index is 2770. The Morgan fingerprint density at radius 1 is 0.865 bits per heavy atom. The molecular formula is C67H100N8O13S. The number of nitrogens with two attached hydrogens (primary N) is 1. The fraction of sp³-hybridized carbons (Fsp3) is 0.687. The van der Waals surface area contributed by atoms with E-state index < -0.39 is 71.8 Å². The van der Waals surface area contributed by atoms with Gasteiger partial charge in [0.1, 0.15) is 11.6 Å². The fourth-order valence-electron chi connectivity index (χ4n) is 14.0. The van der Waals surface area contributed by atoms with Crippen LogP contribution in [0.1, 0.15) is 154 Å². The average molecular weight is 1260 g/mol. The number of carbonyl (C=O) groups is 10. The predicted octanol–water partition coefficient (Wildman–Crippen LogP) is 6.67. The summed E-state index contributed by atoms with van der Waals surface area (Å²) in [6, 6.07) is 5.29. The summed E-state index contributed by atoms with van der Waals surface area (Å²) in [6.45, 7) is 14.4. The number of imide groups is 1. The van der Waals surface area contributed by atoms with Crippen LogP contribution in [-0.4, -0.2) is 187 Å². The van der Waals surface area contributed by atoms with E-state index in [0.29, 0.717) is 43.3 Å². The maximum atomic E-state index is 14.7. The molecule has 2 saturated heterocycles. The molecule has 2 aromatic rings. The van der Waals surface area contributed by atoms with Crippen molar-refractivity contribution in [1.82, 2.24) is 35.2 Å².